The Balaban J connectivity index is 1.67. The third kappa shape index (κ3) is 6.41. The first-order valence-electron chi connectivity index (χ1n) is 11.4. The van der Waals surface area contributed by atoms with Gasteiger partial charge in [0.15, 0.2) is 5.69 Å². The van der Waals surface area contributed by atoms with E-state index in [9.17, 15) is 14.4 Å². The number of fused-ring (bicyclic) bond motifs is 1. The van der Waals surface area contributed by atoms with Gasteiger partial charge in [0.1, 0.15) is 5.69 Å². The topological polar surface area (TPSA) is 96.8 Å². The molecule has 0 spiro atoms. The van der Waals surface area contributed by atoms with E-state index in [1.807, 2.05) is 36.9 Å². The van der Waals surface area contributed by atoms with E-state index in [-0.39, 0.29) is 36.4 Å². The predicted octanol–water partition coefficient (Wildman–Crippen LogP) is 1.85. The Kier molecular flexibility index (Phi) is 8.59. The fourth-order valence-electron chi connectivity index (χ4n) is 3.90. The highest BCUT2D eigenvalue weighted by Crippen LogP contribution is 2.18. The van der Waals surface area contributed by atoms with Crippen LogP contribution in [0.4, 0.5) is 0 Å². The van der Waals surface area contributed by atoms with E-state index >= 15 is 0 Å². The SMILES string of the molecule is CCN(CCC(=O)NCCOC)C(=O)c1cc2n(n1)CCCN(Cc1cccc(C)c1)C2=O. The lowest BCUT2D eigenvalue weighted by atomic mass is 10.1. The van der Waals surface area contributed by atoms with Crippen molar-refractivity contribution in [3.63, 3.8) is 0 Å². The number of nitrogens with one attached hydrogen (secondary N) is 1. The van der Waals surface area contributed by atoms with E-state index in [1.165, 1.54) is 0 Å². The molecule has 0 atom stereocenters. The van der Waals surface area contributed by atoms with E-state index in [0.29, 0.717) is 45.0 Å². The number of aromatic nitrogens is 2. The molecule has 3 rings (SSSR count). The number of benzene rings is 1. The van der Waals surface area contributed by atoms with Crippen LogP contribution in [0.15, 0.2) is 30.3 Å². The number of nitrogens with zero attached hydrogens (tertiary/aromatic N) is 4. The molecule has 0 aliphatic carbocycles. The van der Waals surface area contributed by atoms with Crippen molar-refractivity contribution in [3.05, 3.63) is 52.8 Å². The van der Waals surface area contributed by atoms with Crippen LogP contribution in [0.2, 0.25) is 0 Å². The van der Waals surface area contributed by atoms with Crippen LogP contribution in [-0.4, -0.2) is 77.2 Å². The van der Waals surface area contributed by atoms with Crippen LogP contribution in [0, 0.1) is 6.92 Å². The smallest absolute Gasteiger partial charge is 0.274 e. The summed E-state index contributed by atoms with van der Waals surface area (Å²) in [6.07, 6.45) is 0.957. The molecule has 2 heterocycles. The third-order valence-electron chi connectivity index (χ3n) is 5.67. The van der Waals surface area contributed by atoms with Gasteiger partial charge >= 0.3 is 0 Å². The summed E-state index contributed by atoms with van der Waals surface area (Å²) in [5.74, 6) is -0.539. The van der Waals surface area contributed by atoms with Crippen molar-refractivity contribution in [3.8, 4) is 0 Å². The number of aryl methyl sites for hydroxylation is 2. The summed E-state index contributed by atoms with van der Waals surface area (Å²) < 4.78 is 6.55. The minimum absolute atomic E-state index is 0.124. The average molecular weight is 456 g/mol. The Hall–Kier alpha value is -3.20. The minimum Gasteiger partial charge on any atom is -0.383 e. The molecule has 9 heteroatoms. The van der Waals surface area contributed by atoms with Crippen LogP contribution in [0.1, 0.15) is 51.9 Å². The monoisotopic (exact) mass is 455 g/mol. The molecular weight excluding hydrogens is 422 g/mol. The second kappa shape index (κ2) is 11.6. The molecule has 9 nitrogen and oxygen atoms in total. The molecule has 33 heavy (non-hydrogen) atoms. The molecule has 2 aromatic rings. The van der Waals surface area contributed by atoms with Crippen molar-refractivity contribution in [2.45, 2.75) is 39.8 Å². The molecule has 1 N–H and O–H groups in total. The Morgan fingerprint density at radius 1 is 1.24 bits per heavy atom. The minimum atomic E-state index is -0.277. The van der Waals surface area contributed by atoms with Crippen LogP contribution in [0.25, 0.3) is 0 Å². The van der Waals surface area contributed by atoms with Gasteiger partial charge in [-0.2, -0.15) is 5.10 Å². The second-order valence-corrected chi connectivity index (χ2v) is 8.18. The first-order valence-corrected chi connectivity index (χ1v) is 11.4. The Bertz CT molecular complexity index is 987. The molecule has 1 aromatic heterocycles. The predicted molar refractivity (Wildman–Crippen MR) is 124 cm³/mol. The number of hydrogen-bond acceptors (Lipinski definition) is 5. The quantitative estimate of drug-likeness (QED) is 0.552. The van der Waals surface area contributed by atoms with Crippen molar-refractivity contribution in [1.29, 1.82) is 0 Å². The van der Waals surface area contributed by atoms with Gasteiger partial charge in [0.25, 0.3) is 11.8 Å². The maximum Gasteiger partial charge on any atom is 0.274 e. The van der Waals surface area contributed by atoms with E-state index in [2.05, 4.69) is 16.5 Å². The highest BCUT2D eigenvalue weighted by Gasteiger charge is 2.27. The number of carbonyl (C=O) groups excluding carboxylic acids is 3. The van der Waals surface area contributed by atoms with Crippen molar-refractivity contribution < 1.29 is 19.1 Å². The average Bonchev–Trinajstić information content (AvgIpc) is 3.17. The summed E-state index contributed by atoms with van der Waals surface area (Å²) in [5.41, 5.74) is 2.89. The van der Waals surface area contributed by atoms with Gasteiger partial charge in [-0.05, 0) is 25.8 Å². The van der Waals surface area contributed by atoms with E-state index < -0.39 is 0 Å². The van der Waals surface area contributed by atoms with Gasteiger partial charge in [0.2, 0.25) is 5.91 Å². The molecule has 1 aliphatic heterocycles. The van der Waals surface area contributed by atoms with E-state index in [0.717, 1.165) is 17.5 Å². The van der Waals surface area contributed by atoms with Gasteiger partial charge in [-0.3, -0.25) is 19.1 Å². The largest absolute Gasteiger partial charge is 0.383 e. The van der Waals surface area contributed by atoms with Gasteiger partial charge in [0.05, 0.1) is 6.61 Å². The third-order valence-corrected chi connectivity index (χ3v) is 5.67. The molecule has 0 unspecified atom stereocenters. The molecule has 0 radical (unpaired) electrons. The van der Waals surface area contributed by atoms with Gasteiger partial charge in [-0.25, -0.2) is 0 Å². The van der Waals surface area contributed by atoms with Gasteiger partial charge in [-0.15, -0.1) is 0 Å². The van der Waals surface area contributed by atoms with Gasteiger partial charge in [0, 0.05) is 58.9 Å². The standard InChI is InChI=1S/C24H33N5O4/c1-4-27(13-9-22(30)25-10-14-33-3)23(31)20-16-21-24(32)28(11-6-12-29(21)26-20)17-19-8-5-7-18(2)15-19/h5,7-8,15-16H,4,6,9-14,17H2,1-3H3,(H,25,30). The van der Waals surface area contributed by atoms with Gasteiger partial charge < -0.3 is 19.9 Å². The zero-order valence-corrected chi connectivity index (χ0v) is 19.7. The molecule has 0 bridgehead atoms. The molecule has 0 saturated carbocycles. The number of methoxy groups -OCH3 is 1. The maximum absolute atomic E-state index is 13.2. The van der Waals surface area contributed by atoms with Crippen molar-refractivity contribution in [2.24, 2.45) is 0 Å². The number of amides is 3. The molecule has 0 fully saturated rings. The first kappa shape index (κ1) is 24.4. The zero-order valence-electron chi connectivity index (χ0n) is 19.7. The maximum atomic E-state index is 13.2. The van der Waals surface area contributed by atoms with Crippen LogP contribution in [0.3, 0.4) is 0 Å². The number of carbonyl (C=O) groups is 3. The second-order valence-electron chi connectivity index (χ2n) is 8.18. The molecule has 3 amide bonds. The summed E-state index contributed by atoms with van der Waals surface area (Å²) >= 11 is 0. The van der Waals surface area contributed by atoms with Crippen LogP contribution in [-0.2, 0) is 22.6 Å². The lowest BCUT2D eigenvalue weighted by Gasteiger charge is -2.20. The van der Waals surface area contributed by atoms with Crippen LogP contribution >= 0.6 is 0 Å². The fourth-order valence-corrected chi connectivity index (χ4v) is 3.90. The molecule has 178 valence electrons. The first-order chi connectivity index (χ1) is 15.9. The Morgan fingerprint density at radius 3 is 2.79 bits per heavy atom. The summed E-state index contributed by atoms with van der Waals surface area (Å²) in [6, 6.07) is 9.70. The molecule has 1 aliphatic rings. The number of rotatable bonds is 10. The lowest BCUT2D eigenvalue weighted by molar-refractivity contribution is -0.121. The van der Waals surface area contributed by atoms with Crippen molar-refractivity contribution >= 4 is 17.7 Å². The normalized spacial score (nSPS) is 13.4. The lowest BCUT2D eigenvalue weighted by Crippen LogP contribution is -2.36. The summed E-state index contributed by atoms with van der Waals surface area (Å²) in [4.78, 5) is 41.6. The zero-order chi connectivity index (χ0) is 23.8. The van der Waals surface area contributed by atoms with Crippen molar-refractivity contribution in [1.82, 2.24) is 24.9 Å². The molecular formula is C24H33N5O4. The highest BCUT2D eigenvalue weighted by atomic mass is 16.5. The fraction of sp³-hybridized carbons (Fsp3) is 0.500. The van der Waals surface area contributed by atoms with Crippen LogP contribution in [0.5, 0.6) is 0 Å². The summed E-state index contributed by atoms with van der Waals surface area (Å²) in [6.45, 7) is 7.23. The van der Waals surface area contributed by atoms with Crippen LogP contribution < -0.4 is 5.32 Å². The van der Waals surface area contributed by atoms with E-state index in [1.54, 1.807) is 22.8 Å². The van der Waals surface area contributed by atoms with Gasteiger partial charge in [-0.1, -0.05) is 29.8 Å². The Morgan fingerprint density at radius 2 is 2.06 bits per heavy atom. The number of ether oxygens (including phenoxy) is 1. The van der Waals surface area contributed by atoms with E-state index in [4.69, 9.17) is 4.74 Å². The summed E-state index contributed by atoms with van der Waals surface area (Å²) in [7, 11) is 1.57. The van der Waals surface area contributed by atoms with Crippen molar-refractivity contribution in [2.75, 3.05) is 39.9 Å². The Labute approximate surface area is 194 Å². The highest BCUT2D eigenvalue weighted by molar-refractivity contribution is 5.98. The summed E-state index contributed by atoms with van der Waals surface area (Å²) in [5, 5.41) is 7.18. The molecule has 0 saturated heterocycles. The molecule has 1 aromatic carbocycles. The number of hydrogen-bond donors (Lipinski definition) is 1.